The fraction of sp³-hybridized carbons (Fsp3) is 0.462. The van der Waals surface area contributed by atoms with Crippen molar-refractivity contribution < 1.29 is 0 Å². The van der Waals surface area contributed by atoms with Gasteiger partial charge in [-0.3, -0.25) is 0 Å². The molecule has 16 heavy (non-hydrogen) atoms. The van der Waals surface area contributed by atoms with Crippen LogP contribution in [0.1, 0.15) is 31.4 Å². The fourth-order valence-electron chi connectivity index (χ4n) is 1.57. The Morgan fingerprint density at radius 1 is 1.50 bits per heavy atom. The van der Waals surface area contributed by atoms with Crippen LogP contribution in [-0.4, -0.2) is 13.1 Å². The second-order valence-electron chi connectivity index (χ2n) is 3.97. The maximum absolute atomic E-state index is 9.12. The largest absolute Gasteiger partial charge is 0.371 e. The molecule has 1 aromatic rings. The molecule has 3 heteroatoms. The summed E-state index contributed by atoms with van der Waals surface area (Å²) >= 11 is 5.75. The van der Waals surface area contributed by atoms with Gasteiger partial charge in [-0.2, -0.15) is 5.26 Å². The first-order chi connectivity index (χ1) is 7.63. The van der Waals surface area contributed by atoms with Gasteiger partial charge in [0, 0.05) is 19.0 Å². The third-order valence-corrected chi connectivity index (χ3v) is 3.28. The maximum atomic E-state index is 9.12. The molecule has 0 spiro atoms. The van der Waals surface area contributed by atoms with Gasteiger partial charge < -0.3 is 4.90 Å². The molecule has 0 radical (unpaired) electrons. The molecule has 1 rings (SSSR count). The number of alkyl halides is 1. The monoisotopic (exact) mass is 236 g/mol. The Bertz CT molecular complexity index is 395. The van der Waals surface area contributed by atoms with Crippen LogP contribution in [0.3, 0.4) is 0 Å². The lowest BCUT2D eigenvalue weighted by Crippen LogP contribution is -2.28. The number of halogens is 1. The first kappa shape index (κ1) is 12.9. The highest BCUT2D eigenvalue weighted by Crippen LogP contribution is 2.23. The van der Waals surface area contributed by atoms with Gasteiger partial charge in [-0.25, -0.2) is 0 Å². The number of nitrogens with zero attached hydrogens (tertiary/aromatic N) is 2. The van der Waals surface area contributed by atoms with Crippen molar-refractivity contribution in [1.82, 2.24) is 0 Å². The topological polar surface area (TPSA) is 27.0 Å². The van der Waals surface area contributed by atoms with Crippen molar-refractivity contribution in [2.24, 2.45) is 0 Å². The van der Waals surface area contributed by atoms with Crippen molar-refractivity contribution in [3.63, 3.8) is 0 Å². The van der Waals surface area contributed by atoms with E-state index in [2.05, 4.69) is 24.8 Å². The summed E-state index contributed by atoms with van der Waals surface area (Å²) in [5.74, 6) is 0.446. The predicted molar refractivity (Wildman–Crippen MR) is 68.9 cm³/mol. The Kier molecular flexibility index (Phi) is 4.64. The Hall–Kier alpha value is -1.20. The van der Waals surface area contributed by atoms with E-state index in [0.29, 0.717) is 17.5 Å². The van der Waals surface area contributed by atoms with Crippen LogP contribution in [0.4, 0.5) is 5.69 Å². The molecule has 2 nitrogen and oxygen atoms in total. The van der Waals surface area contributed by atoms with Gasteiger partial charge in [-0.15, -0.1) is 11.6 Å². The summed E-state index contributed by atoms with van der Waals surface area (Å²) in [4.78, 5) is 2.14. The summed E-state index contributed by atoms with van der Waals surface area (Å²) in [5, 5.41) is 9.12. The molecule has 0 aliphatic heterocycles. The molecule has 0 N–H and O–H groups in total. The van der Waals surface area contributed by atoms with Gasteiger partial charge in [-0.1, -0.05) is 13.0 Å². The first-order valence-corrected chi connectivity index (χ1v) is 5.99. The molecule has 0 saturated heterocycles. The quantitative estimate of drug-likeness (QED) is 0.748. The standard InChI is InChI=1S/C13H17ClN2/c1-4-10(2)16(3)13-6-5-11(8-14)7-12(13)9-15/h5-7,10H,4,8H2,1-3H3. The van der Waals surface area contributed by atoms with Crippen molar-refractivity contribution in [2.45, 2.75) is 32.2 Å². The van der Waals surface area contributed by atoms with Crippen LogP contribution in [0.15, 0.2) is 18.2 Å². The lowest BCUT2D eigenvalue weighted by atomic mass is 10.1. The zero-order chi connectivity index (χ0) is 12.1. The van der Waals surface area contributed by atoms with Crippen molar-refractivity contribution in [3.8, 4) is 6.07 Å². The molecule has 0 heterocycles. The number of benzene rings is 1. The zero-order valence-corrected chi connectivity index (χ0v) is 10.8. The van der Waals surface area contributed by atoms with Gasteiger partial charge in [0.1, 0.15) is 6.07 Å². The molecule has 1 unspecified atom stereocenters. The van der Waals surface area contributed by atoms with E-state index in [4.69, 9.17) is 16.9 Å². The van der Waals surface area contributed by atoms with Gasteiger partial charge in [-0.05, 0) is 31.0 Å². The van der Waals surface area contributed by atoms with Crippen LogP contribution >= 0.6 is 11.6 Å². The molecule has 0 bridgehead atoms. The third kappa shape index (κ3) is 2.68. The molecule has 0 fully saturated rings. The molecule has 86 valence electrons. The Balaban J connectivity index is 3.09. The second kappa shape index (κ2) is 5.77. The summed E-state index contributed by atoms with van der Waals surface area (Å²) in [5.41, 5.74) is 2.66. The van der Waals surface area contributed by atoms with Gasteiger partial charge in [0.05, 0.1) is 11.3 Å². The minimum Gasteiger partial charge on any atom is -0.371 e. The van der Waals surface area contributed by atoms with Crippen molar-refractivity contribution >= 4 is 17.3 Å². The van der Waals surface area contributed by atoms with Crippen LogP contribution < -0.4 is 4.90 Å². The van der Waals surface area contributed by atoms with E-state index in [9.17, 15) is 0 Å². The van der Waals surface area contributed by atoms with E-state index in [1.807, 2.05) is 25.2 Å². The second-order valence-corrected chi connectivity index (χ2v) is 4.23. The summed E-state index contributed by atoms with van der Waals surface area (Å²) < 4.78 is 0. The lowest BCUT2D eigenvalue weighted by molar-refractivity contribution is 0.663. The van der Waals surface area contributed by atoms with E-state index in [1.54, 1.807) is 0 Å². The third-order valence-electron chi connectivity index (χ3n) is 2.97. The van der Waals surface area contributed by atoms with Crippen LogP contribution in [0.25, 0.3) is 0 Å². The van der Waals surface area contributed by atoms with E-state index in [1.165, 1.54) is 0 Å². The molecular weight excluding hydrogens is 220 g/mol. The van der Waals surface area contributed by atoms with Crippen LogP contribution in [0, 0.1) is 11.3 Å². The van der Waals surface area contributed by atoms with E-state index >= 15 is 0 Å². The number of hydrogen-bond donors (Lipinski definition) is 0. The van der Waals surface area contributed by atoms with Crippen molar-refractivity contribution in [3.05, 3.63) is 29.3 Å². The first-order valence-electron chi connectivity index (χ1n) is 5.45. The van der Waals surface area contributed by atoms with Gasteiger partial charge in [0.2, 0.25) is 0 Å². The predicted octanol–water partition coefficient (Wildman–Crippen LogP) is 3.53. The van der Waals surface area contributed by atoms with E-state index in [-0.39, 0.29) is 0 Å². The smallest absolute Gasteiger partial charge is 0.101 e. The Morgan fingerprint density at radius 3 is 2.69 bits per heavy atom. The molecule has 0 aliphatic rings. The number of hydrogen-bond acceptors (Lipinski definition) is 2. The van der Waals surface area contributed by atoms with Crippen LogP contribution in [0.5, 0.6) is 0 Å². The highest BCUT2D eigenvalue weighted by Gasteiger charge is 2.12. The van der Waals surface area contributed by atoms with Crippen molar-refractivity contribution in [1.29, 1.82) is 5.26 Å². The fourth-order valence-corrected chi connectivity index (χ4v) is 1.74. The zero-order valence-electron chi connectivity index (χ0n) is 10.00. The number of anilines is 1. The Morgan fingerprint density at radius 2 is 2.19 bits per heavy atom. The minimum atomic E-state index is 0.425. The molecule has 1 atom stereocenters. The average Bonchev–Trinajstić information content (AvgIpc) is 2.35. The number of rotatable bonds is 4. The summed E-state index contributed by atoms with van der Waals surface area (Å²) in [6.07, 6.45) is 1.05. The van der Waals surface area contributed by atoms with E-state index < -0.39 is 0 Å². The Labute approximate surface area is 102 Å². The summed E-state index contributed by atoms with van der Waals surface area (Å²) in [6, 6.07) is 8.47. The van der Waals surface area contributed by atoms with Gasteiger partial charge in [0.25, 0.3) is 0 Å². The molecule has 1 aromatic carbocycles. The van der Waals surface area contributed by atoms with Gasteiger partial charge in [0.15, 0.2) is 0 Å². The molecule has 0 aromatic heterocycles. The number of nitriles is 1. The lowest BCUT2D eigenvalue weighted by Gasteiger charge is -2.27. The van der Waals surface area contributed by atoms with Crippen LogP contribution in [-0.2, 0) is 5.88 Å². The molecule has 0 saturated carbocycles. The highest BCUT2D eigenvalue weighted by molar-refractivity contribution is 6.17. The summed E-state index contributed by atoms with van der Waals surface area (Å²) in [7, 11) is 2.02. The van der Waals surface area contributed by atoms with Crippen molar-refractivity contribution in [2.75, 3.05) is 11.9 Å². The normalized spacial score (nSPS) is 11.9. The highest BCUT2D eigenvalue weighted by atomic mass is 35.5. The maximum Gasteiger partial charge on any atom is 0.101 e. The van der Waals surface area contributed by atoms with Crippen LogP contribution in [0.2, 0.25) is 0 Å². The SMILES string of the molecule is CCC(C)N(C)c1ccc(CCl)cc1C#N. The molecule has 0 amide bonds. The minimum absolute atomic E-state index is 0.425. The molecule has 0 aliphatic carbocycles. The van der Waals surface area contributed by atoms with Gasteiger partial charge >= 0.3 is 0 Å². The molecular formula is C13H17ClN2. The average molecular weight is 237 g/mol. The summed E-state index contributed by atoms with van der Waals surface area (Å²) in [6.45, 7) is 4.29. The van der Waals surface area contributed by atoms with E-state index in [0.717, 1.165) is 17.7 Å².